The second-order valence-corrected chi connectivity index (χ2v) is 6.36. The average Bonchev–Trinajstić information content (AvgIpc) is 3.11. The molecule has 2 aromatic rings. The van der Waals surface area contributed by atoms with Crippen LogP contribution in [0.1, 0.15) is 40.6 Å². The Balaban J connectivity index is 0.00000450. The molecule has 0 aliphatic rings. The normalized spacial score (nSPS) is 11.6. The quantitative estimate of drug-likeness (QED) is 0.205. The van der Waals surface area contributed by atoms with Crippen LogP contribution in [0.5, 0.6) is 0 Å². The van der Waals surface area contributed by atoms with E-state index in [1.807, 2.05) is 6.92 Å². The van der Waals surface area contributed by atoms with Crippen LogP contribution >= 0.6 is 24.0 Å². The number of nitrogens with zero attached hydrogens (tertiary/aromatic N) is 1. The van der Waals surface area contributed by atoms with E-state index < -0.39 is 11.7 Å². The summed E-state index contributed by atoms with van der Waals surface area (Å²) in [6.07, 6.45) is -2.27. The number of hydrogen-bond donors (Lipinski definition) is 3. The van der Waals surface area contributed by atoms with Crippen molar-refractivity contribution in [1.29, 1.82) is 0 Å². The second-order valence-electron chi connectivity index (χ2n) is 6.36. The van der Waals surface area contributed by atoms with Crippen molar-refractivity contribution in [3.8, 4) is 0 Å². The van der Waals surface area contributed by atoms with E-state index in [1.165, 1.54) is 12.3 Å². The monoisotopic (exact) mass is 538 g/mol. The van der Waals surface area contributed by atoms with Gasteiger partial charge in [-0.3, -0.25) is 4.79 Å². The molecule has 0 unspecified atom stereocenters. The molecule has 3 N–H and O–H groups in total. The summed E-state index contributed by atoms with van der Waals surface area (Å²) in [7, 11) is 0. The van der Waals surface area contributed by atoms with Gasteiger partial charge in [0.25, 0.3) is 5.91 Å². The minimum Gasteiger partial charge on any atom is -0.459 e. The molecule has 0 radical (unpaired) electrons. The van der Waals surface area contributed by atoms with Crippen LogP contribution in [0.25, 0.3) is 0 Å². The maximum atomic E-state index is 12.8. The SMILES string of the molecule is CCNC(=NCc1cccc(C(F)(F)F)c1)NCCCNC(=O)c1occc1C.I. The number of carbonyl (C=O) groups excluding carboxylic acids is 1. The zero-order valence-corrected chi connectivity index (χ0v) is 19.1. The first-order valence-corrected chi connectivity index (χ1v) is 9.32. The van der Waals surface area contributed by atoms with E-state index in [-0.39, 0.29) is 36.4 Å². The smallest absolute Gasteiger partial charge is 0.416 e. The third kappa shape index (κ3) is 8.25. The van der Waals surface area contributed by atoms with E-state index in [4.69, 9.17) is 4.42 Å². The summed E-state index contributed by atoms with van der Waals surface area (Å²) < 4.78 is 43.5. The number of aryl methyl sites for hydroxylation is 1. The fourth-order valence-corrected chi connectivity index (χ4v) is 2.54. The molecular formula is C20H26F3IN4O2. The third-order valence-corrected chi connectivity index (χ3v) is 4.02. The fourth-order valence-electron chi connectivity index (χ4n) is 2.54. The summed E-state index contributed by atoms with van der Waals surface area (Å²) in [5.41, 5.74) is 0.556. The molecule has 6 nitrogen and oxygen atoms in total. The van der Waals surface area contributed by atoms with E-state index in [0.29, 0.717) is 43.3 Å². The van der Waals surface area contributed by atoms with Crippen LogP contribution < -0.4 is 16.0 Å². The van der Waals surface area contributed by atoms with Crippen LogP contribution in [0.4, 0.5) is 13.2 Å². The number of nitrogens with one attached hydrogen (secondary N) is 3. The van der Waals surface area contributed by atoms with Crippen molar-refractivity contribution >= 4 is 35.8 Å². The highest BCUT2D eigenvalue weighted by Crippen LogP contribution is 2.29. The maximum Gasteiger partial charge on any atom is 0.416 e. The summed E-state index contributed by atoms with van der Waals surface area (Å²) in [4.78, 5) is 16.3. The molecule has 0 saturated carbocycles. The molecule has 0 bridgehead atoms. The summed E-state index contributed by atoms with van der Waals surface area (Å²) in [6.45, 7) is 5.40. The van der Waals surface area contributed by atoms with Crippen molar-refractivity contribution in [1.82, 2.24) is 16.0 Å². The maximum absolute atomic E-state index is 12.8. The first-order chi connectivity index (χ1) is 13.8. The van der Waals surface area contributed by atoms with E-state index in [0.717, 1.165) is 17.7 Å². The Morgan fingerprint density at radius 1 is 1.13 bits per heavy atom. The topological polar surface area (TPSA) is 78.7 Å². The molecule has 1 amide bonds. The van der Waals surface area contributed by atoms with Crippen molar-refractivity contribution in [2.75, 3.05) is 19.6 Å². The first-order valence-electron chi connectivity index (χ1n) is 9.32. The minimum absolute atomic E-state index is 0. The number of carbonyl (C=O) groups is 1. The Hall–Kier alpha value is -2.24. The van der Waals surface area contributed by atoms with Gasteiger partial charge in [0.2, 0.25) is 0 Å². The largest absolute Gasteiger partial charge is 0.459 e. The molecule has 2 rings (SSSR count). The number of furan rings is 1. The van der Waals surface area contributed by atoms with Crippen LogP contribution in [0.2, 0.25) is 0 Å². The van der Waals surface area contributed by atoms with Gasteiger partial charge in [0, 0.05) is 25.2 Å². The Morgan fingerprint density at radius 3 is 2.50 bits per heavy atom. The fraction of sp³-hybridized carbons (Fsp3) is 0.400. The summed E-state index contributed by atoms with van der Waals surface area (Å²) >= 11 is 0. The average molecular weight is 538 g/mol. The van der Waals surface area contributed by atoms with Crippen molar-refractivity contribution in [2.45, 2.75) is 33.0 Å². The van der Waals surface area contributed by atoms with Gasteiger partial charge in [0.1, 0.15) is 0 Å². The molecule has 166 valence electrons. The van der Waals surface area contributed by atoms with Crippen molar-refractivity contribution in [3.63, 3.8) is 0 Å². The molecule has 0 saturated heterocycles. The van der Waals surface area contributed by atoms with Crippen LogP contribution in [-0.4, -0.2) is 31.5 Å². The lowest BCUT2D eigenvalue weighted by atomic mass is 10.1. The van der Waals surface area contributed by atoms with Crippen LogP contribution in [0.3, 0.4) is 0 Å². The predicted molar refractivity (Wildman–Crippen MR) is 120 cm³/mol. The number of hydrogen-bond acceptors (Lipinski definition) is 3. The van der Waals surface area contributed by atoms with Gasteiger partial charge in [-0.05, 0) is 44.0 Å². The van der Waals surface area contributed by atoms with Gasteiger partial charge in [0.15, 0.2) is 11.7 Å². The number of guanidine groups is 1. The Kier molecular flexibility index (Phi) is 10.7. The van der Waals surface area contributed by atoms with Crippen molar-refractivity contribution in [3.05, 3.63) is 59.0 Å². The molecular weight excluding hydrogens is 512 g/mol. The van der Waals surface area contributed by atoms with E-state index in [1.54, 1.807) is 19.1 Å². The van der Waals surface area contributed by atoms with Crippen molar-refractivity contribution in [2.24, 2.45) is 4.99 Å². The molecule has 0 spiro atoms. The predicted octanol–water partition coefficient (Wildman–Crippen LogP) is 4.10. The van der Waals surface area contributed by atoms with Crippen LogP contribution in [0, 0.1) is 6.92 Å². The lowest BCUT2D eigenvalue weighted by Gasteiger charge is -2.12. The zero-order valence-electron chi connectivity index (χ0n) is 16.8. The van der Waals surface area contributed by atoms with Gasteiger partial charge < -0.3 is 20.4 Å². The summed E-state index contributed by atoms with van der Waals surface area (Å²) in [6, 6.07) is 6.83. The van der Waals surface area contributed by atoms with Crippen molar-refractivity contribution < 1.29 is 22.4 Å². The van der Waals surface area contributed by atoms with Gasteiger partial charge in [0.05, 0.1) is 18.4 Å². The highest BCUT2D eigenvalue weighted by molar-refractivity contribution is 14.0. The number of amides is 1. The molecule has 0 aliphatic carbocycles. The van der Waals surface area contributed by atoms with Crippen LogP contribution in [-0.2, 0) is 12.7 Å². The van der Waals surface area contributed by atoms with Gasteiger partial charge >= 0.3 is 6.18 Å². The highest BCUT2D eigenvalue weighted by Gasteiger charge is 2.30. The second kappa shape index (κ2) is 12.5. The molecule has 0 atom stereocenters. The Bertz CT molecular complexity index is 837. The Morgan fingerprint density at radius 2 is 1.87 bits per heavy atom. The first kappa shape index (κ1) is 25.8. The van der Waals surface area contributed by atoms with E-state index in [9.17, 15) is 18.0 Å². The number of rotatable bonds is 8. The number of halogens is 4. The number of alkyl halides is 3. The van der Waals surface area contributed by atoms with Gasteiger partial charge in [-0.2, -0.15) is 13.2 Å². The minimum atomic E-state index is -4.37. The summed E-state index contributed by atoms with van der Waals surface area (Å²) in [5.74, 6) is 0.532. The molecule has 10 heteroatoms. The van der Waals surface area contributed by atoms with Gasteiger partial charge in [-0.15, -0.1) is 24.0 Å². The molecule has 30 heavy (non-hydrogen) atoms. The Labute approximate surface area is 190 Å². The number of aliphatic imine (C=N–C) groups is 1. The highest BCUT2D eigenvalue weighted by atomic mass is 127. The van der Waals surface area contributed by atoms with E-state index in [2.05, 4.69) is 20.9 Å². The number of benzene rings is 1. The van der Waals surface area contributed by atoms with Gasteiger partial charge in [-0.25, -0.2) is 4.99 Å². The molecule has 0 fully saturated rings. The molecule has 1 aromatic heterocycles. The third-order valence-electron chi connectivity index (χ3n) is 4.02. The van der Waals surface area contributed by atoms with Gasteiger partial charge in [-0.1, -0.05) is 12.1 Å². The zero-order chi connectivity index (χ0) is 21.3. The molecule has 1 heterocycles. The molecule has 1 aromatic carbocycles. The van der Waals surface area contributed by atoms with Crippen LogP contribution in [0.15, 0.2) is 46.0 Å². The standard InChI is InChI=1S/C20H25F3N4O2.HI/c1-3-24-19(27-13-15-6-4-7-16(12-15)20(21,22)23)26-10-5-9-25-18(28)17-14(2)8-11-29-17;/h4,6-8,11-12H,3,5,9-10,13H2,1-2H3,(H,25,28)(H2,24,26,27);1H. The lowest BCUT2D eigenvalue weighted by Crippen LogP contribution is -2.38. The lowest BCUT2D eigenvalue weighted by molar-refractivity contribution is -0.137. The molecule has 0 aliphatic heterocycles. The van der Waals surface area contributed by atoms with E-state index >= 15 is 0 Å². The summed E-state index contributed by atoms with van der Waals surface area (Å²) in [5, 5.41) is 8.91.